The Balaban J connectivity index is 2.63. The van der Waals surface area contributed by atoms with Gasteiger partial charge >= 0.3 is 6.18 Å². The van der Waals surface area contributed by atoms with Crippen molar-refractivity contribution in [2.45, 2.75) is 36.8 Å². The van der Waals surface area contributed by atoms with Crippen molar-refractivity contribution in [2.24, 2.45) is 0 Å². The van der Waals surface area contributed by atoms with Crippen molar-refractivity contribution >= 4 is 17.9 Å². The van der Waals surface area contributed by atoms with Gasteiger partial charge in [-0.15, -0.1) is 10.2 Å². The predicted octanol–water partition coefficient (Wildman–Crippen LogP) is 3.00. The first-order valence-electron chi connectivity index (χ1n) is 7.09. The molecule has 0 spiro atoms. The van der Waals surface area contributed by atoms with Gasteiger partial charge in [0.1, 0.15) is 0 Å². The Morgan fingerprint density at radius 3 is 2.38 bits per heavy atom. The molecular formula is C13H17F3N4O2SSi. The number of tetrazole rings is 1. The molecule has 1 aromatic carbocycles. The molecule has 6 nitrogen and oxygen atoms in total. The van der Waals surface area contributed by atoms with Crippen LogP contribution >= 0.6 is 0 Å². The highest BCUT2D eigenvalue weighted by Gasteiger charge is 2.38. The van der Waals surface area contributed by atoms with Crippen LogP contribution in [0.5, 0.6) is 0 Å². The number of alkyl halides is 3. The van der Waals surface area contributed by atoms with Gasteiger partial charge in [0.2, 0.25) is 5.82 Å². The van der Waals surface area contributed by atoms with Gasteiger partial charge in [-0.1, -0.05) is 25.7 Å². The third-order valence-electron chi connectivity index (χ3n) is 3.36. The number of hydrogen-bond donors (Lipinski definition) is 1. The molecule has 24 heavy (non-hydrogen) atoms. The second kappa shape index (κ2) is 6.28. The van der Waals surface area contributed by atoms with E-state index < -0.39 is 45.9 Å². The summed E-state index contributed by atoms with van der Waals surface area (Å²) in [4.78, 5) is -0.419. The highest BCUT2D eigenvalue weighted by Crippen LogP contribution is 2.39. The smallest absolute Gasteiger partial charge is 0.224 e. The molecular weight excluding hydrogens is 361 g/mol. The molecule has 0 saturated carbocycles. The monoisotopic (exact) mass is 378 g/mol. The fourth-order valence-electron chi connectivity index (χ4n) is 2.08. The average Bonchev–Trinajstić information content (AvgIpc) is 2.97. The number of nitrogens with one attached hydrogen (secondary N) is 1. The molecule has 0 radical (unpaired) electrons. The standard InChI is InChI=1S/C13H17F3N4O2SSi/c1-24(2,3)8-7-23(21,22)10-6-4-5-9(13(14,15)16)11(10)12-17-19-20-18-12/h4-6H,7-8H2,1-3H3,(H,17,18,19,20). The van der Waals surface area contributed by atoms with E-state index in [0.29, 0.717) is 6.04 Å². The van der Waals surface area contributed by atoms with E-state index in [4.69, 9.17) is 0 Å². The van der Waals surface area contributed by atoms with Crippen LogP contribution in [0.4, 0.5) is 13.2 Å². The first kappa shape index (κ1) is 18.6. The number of nitrogens with zero attached hydrogens (tertiary/aromatic N) is 3. The van der Waals surface area contributed by atoms with Gasteiger partial charge in [0, 0.05) is 8.07 Å². The molecule has 1 N–H and O–H groups in total. The zero-order chi connectivity index (χ0) is 18.2. The number of H-pyrrole nitrogens is 1. The summed E-state index contributed by atoms with van der Waals surface area (Å²) in [5, 5.41) is 12.4. The van der Waals surface area contributed by atoms with Gasteiger partial charge in [0.25, 0.3) is 0 Å². The molecule has 0 unspecified atom stereocenters. The van der Waals surface area contributed by atoms with Crippen LogP contribution in [0.1, 0.15) is 5.56 Å². The van der Waals surface area contributed by atoms with Crippen LogP contribution in [0, 0.1) is 0 Å². The summed E-state index contributed by atoms with van der Waals surface area (Å²) in [6.45, 7) is 5.98. The maximum absolute atomic E-state index is 13.3. The lowest BCUT2D eigenvalue weighted by Gasteiger charge is -2.18. The summed E-state index contributed by atoms with van der Waals surface area (Å²) in [7, 11) is -5.60. The molecule has 0 amide bonds. The van der Waals surface area contributed by atoms with Gasteiger partial charge < -0.3 is 0 Å². The molecule has 2 rings (SSSR count). The molecule has 1 aromatic heterocycles. The summed E-state index contributed by atoms with van der Waals surface area (Å²) >= 11 is 0. The molecule has 0 aliphatic heterocycles. The van der Waals surface area contributed by atoms with E-state index in [9.17, 15) is 21.6 Å². The number of aromatic amines is 1. The fourth-order valence-corrected chi connectivity index (χ4v) is 6.62. The molecule has 132 valence electrons. The van der Waals surface area contributed by atoms with Crippen LogP contribution in [-0.2, 0) is 16.0 Å². The van der Waals surface area contributed by atoms with Crippen molar-refractivity contribution < 1.29 is 21.6 Å². The second-order valence-corrected chi connectivity index (χ2v) is 14.2. The van der Waals surface area contributed by atoms with Crippen LogP contribution in [0.2, 0.25) is 25.7 Å². The molecule has 2 aromatic rings. The Morgan fingerprint density at radius 1 is 1.21 bits per heavy atom. The van der Waals surface area contributed by atoms with Gasteiger partial charge in [-0.25, -0.2) is 8.42 Å². The topological polar surface area (TPSA) is 88.6 Å². The zero-order valence-electron chi connectivity index (χ0n) is 13.3. The first-order valence-corrected chi connectivity index (χ1v) is 12.4. The van der Waals surface area contributed by atoms with Crippen molar-refractivity contribution in [1.82, 2.24) is 20.6 Å². The van der Waals surface area contributed by atoms with E-state index in [2.05, 4.69) is 20.6 Å². The van der Waals surface area contributed by atoms with Crippen LogP contribution in [0.25, 0.3) is 11.4 Å². The molecule has 0 aliphatic carbocycles. The molecule has 11 heteroatoms. The number of sulfone groups is 1. The number of hydrogen-bond acceptors (Lipinski definition) is 5. The van der Waals surface area contributed by atoms with E-state index in [1.165, 1.54) is 0 Å². The van der Waals surface area contributed by atoms with Crippen molar-refractivity contribution in [2.75, 3.05) is 5.75 Å². The summed E-state index contributed by atoms with van der Waals surface area (Å²) in [6, 6.07) is 3.48. The second-order valence-electron chi connectivity index (χ2n) is 6.54. The zero-order valence-corrected chi connectivity index (χ0v) is 15.2. The van der Waals surface area contributed by atoms with Crippen molar-refractivity contribution in [3.8, 4) is 11.4 Å². The Morgan fingerprint density at radius 2 is 1.88 bits per heavy atom. The summed E-state index contributed by atoms with van der Waals surface area (Å²) in [6.07, 6.45) is -4.74. The third kappa shape index (κ3) is 4.20. The largest absolute Gasteiger partial charge is 0.417 e. The first-order chi connectivity index (χ1) is 10.9. The van der Waals surface area contributed by atoms with Crippen molar-refractivity contribution in [3.05, 3.63) is 23.8 Å². The van der Waals surface area contributed by atoms with Crippen LogP contribution in [0.3, 0.4) is 0 Å². The van der Waals surface area contributed by atoms with Gasteiger partial charge in [-0.2, -0.15) is 18.4 Å². The summed E-state index contributed by atoms with van der Waals surface area (Å²) in [5.74, 6) is -0.607. The van der Waals surface area contributed by atoms with Crippen LogP contribution in [0.15, 0.2) is 23.1 Å². The predicted molar refractivity (Wildman–Crippen MR) is 84.8 cm³/mol. The maximum atomic E-state index is 13.3. The number of halogens is 3. The number of aromatic nitrogens is 4. The van der Waals surface area contributed by atoms with Gasteiger partial charge in [-0.05, 0) is 23.4 Å². The molecule has 0 fully saturated rings. The number of rotatable bonds is 5. The van der Waals surface area contributed by atoms with E-state index in [0.717, 1.165) is 18.2 Å². The van der Waals surface area contributed by atoms with Crippen molar-refractivity contribution in [1.29, 1.82) is 0 Å². The van der Waals surface area contributed by atoms with Crippen LogP contribution < -0.4 is 0 Å². The van der Waals surface area contributed by atoms with Gasteiger partial charge in [0.15, 0.2) is 9.84 Å². The van der Waals surface area contributed by atoms with Crippen LogP contribution in [-0.4, -0.2) is 42.9 Å². The summed E-state index contributed by atoms with van der Waals surface area (Å²) < 4.78 is 65.2. The Kier molecular flexibility index (Phi) is 4.86. The van der Waals surface area contributed by atoms with E-state index in [1.807, 2.05) is 19.6 Å². The third-order valence-corrected chi connectivity index (χ3v) is 7.22. The Labute approximate surface area is 138 Å². The average molecular weight is 378 g/mol. The highest BCUT2D eigenvalue weighted by molar-refractivity contribution is 7.91. The summed E-state index contributed by atoms with van der Waals surface area (Å²) in [5.41, 5.74) is -1.66. The van der Waals surface area contributed by atoms with E-state index in [1.54, 1.807) is 0 Å². The molecule has 0 aliphatic rings. The quantitative estimate of drug-likeness (QED) is 0.808. The molecule has 0 atom stereocenters. The fraction of sp³-hybridized carbons (Fsp3) is 0.462. The van der Waals surface area contributed by atoms with E-state index >= 15 is 0 Å². The normalized spacial score (nSPS) is 13.2. The lowest BCUT2D eigenvalue weighted by Crippen LogP contribution is -2.24. The number of benzene rings is 1. The minimum absolute atomic E-state index is 0.213. The lowest BCUT2D eigenvalue weighted by molar-refractivity contribution is -0.137. The highest BCUT2D eigenvalue weighted by atomic mass is 32.2. The van der Waals surface area contributed by atoms with E-state index in [-0.39, 0.29) is 5.75 Å². The Hall–Kier alpha value is -1.75. The molecule has 0 saturated heterocycles. The Bertz CT molecular complexity index is 815. The van der Waals surface area contributed by atoms with Gasteiger partial charge in [0.05, 0.1) is 21.8 Å². The SMILES string of the molecule is C[Si](C)(C)CCS(=O)(=O)c1cccc(C(F)(F)F)c1-c1nn[nH]n1. The minimum Gasteiger partial charge on any atom is -0.224 e. The molecule has 0 bridgehead atoms. The minimum atomic E-state index is -4.74. The van der Waals surface area contributed by atoms with Crippen molar-refractivity contribution in [3.63, 3.8) is 0 Å². The maximum Gasteiger partial charge on any atom is 0.417 e. The molecule has 1 heterocycles. The van der Waals surface area contributed by atoms with Gasteiger partial charge in [-0.3, -0.25) is 0 Å². The lowest BCUT2D eigenvalue weighted by atomic mass is 10.1.